The van der Waals surface area contributed by atoms with Crippen molar-refractivity contribution in [3.63, 3.8) is 0 Å². The molecule has 3 aromatic carbocycles. The predicted molar refractivity (Wildman–Crippen MR) is 191 cm³/mol. The summed E-state index contributed by atoms with van der Waals surface area (Å²) >= 11 is 0. The van der Waals surface area contributed by atoms with Gasteiger partial charge >= 0.3 is 0 Å². The normalized spacial score (nSPS) is 9.81. The molecule has 3 aromatic rings. The summed E-state index contributed by atoms with van der Waals surface area (Å²) < 4.78 is 0. The molecule has 0 aliphatic carbocycles. The van der Waals surface area contributed by atoms with E-state index in [0.29, 0.717) is 24.3 Å². The van der Waals surface area contributed by atoms with Gasteiger partial charge in [-0.2, -0.15) is 0 Å². The molecule has 0 heterocycles. The van der Waals surface area contributed by atoms with E-state index in [2.05, 4.69) is 95.0 Å². The zero-order valence-corrected chi connectivity index (χ0v) is 27.3. The van der Waals surface area contributed by atoms with Gasteiger partial charge in [-0.25, -0.2) is 0 Å². The van der Waals surface area contributed by atoms with Gasteiger partial charge in [0.25, 0.3) is 0 Å². The molecule has 0 aromatic heterocycles. The van der Waals surface area contributed by atoms with E-state index in [1.54, 1.807) is 6.92 Å². The number of hydrogen-bond donors (Lipinski definition) is 0. The van der Waals surface area contributed by atoms with Crippen LogP contribution in [0.25, 0.3) is 10.8 Å². The van der Waals surface area contributed by atoms with E-state index in [-0.39, 0.29) is 14.4 Å². The van der Waals surface area contributed by atoms with Gasteiger partial charge in [0.15, 0.2) is 5.78 Å². The van der Waals surface area contributed by atoms with Gasteiger partial charge in [-0.05, 0) is 90.8 Å². The van der Waals surface area contributed by atoms with Crippen LogP contribution in [0.2, 0.25) is 0 Å². The molecule has 0 spiro atoms. The molecular weight excluding hydrogens is 524 g/mol. The molecular formula is C41H54O2. The Bertz CT molecular complexity index is 1480. The van der Waals surface area contributed by atoms with Crippen molar-refractivity contribution in [2.75, 3.05) is 0 Å². The molecule has 0 aliphatic rings. The van der Waals surface area contributed by atoms with Gasteiger partial charge in [0.1, 0.15) is 5.78 Å². The molecule has 2 nitrogen and oxygen atoms in total. The topological polar surface area (TPSA) is 34.1 Å². The fraction of sp³-hybridized carbons (Fsp3) is 0.366. The van der Waals surface area contributed by atoms with Gasteiger partial charge in [-0.3, -0.25) is 4.79 Å². The minimum absolute atomic E-state index is 0. The zero-order chi connectivity index (χ0) is 32.2. The first kappa shape index (κ1) is 36.9. The van der Waals surface area contributed by atoms with Crippen LogP contribution in [-0.4, -0.2) is 11.6 Å². The Morgan fingerprint density at radius 3 is 2.30 bits per heavy atom. The number of rotatable bonds is 11. The largest absolute Gasteiger partial charge is 0.300 e. The summed E-state index contributed by atoms with van der Waals surface area (Å²) in [5.41, 5.74) is 6.27. The van der Waals surface area contributed by atoms with E-state index < -0.39 is 0 Å². The van der Waals surface area contributed by atoms with Crippen molar-refractivity contribution in [2.24, 2.45) is 0 Å². The third-order valence-corrected chi connectivity index (χ3v) is 6.97. The first-order valence-electron chi connectivity index (χ1n) is 15.4. The molecule has 0 aliphatic heterocycles. The fourth-order valence-electron chi connectivity index (χ4n) is 4.28. The maximum Gasteiger partial charge on any atom is 0.185 e. The summed E-state index contributed by atoms with van der Waals surface area (Å²) in [6, 6.07) is 18.6. The van der Waals surface area contributed by atoms with Crippen LogP contribution < -0.4 is 0 Å². The average Bonchev–Trinajstić information content (AvgIpc) is 2.99. The van der Waals surface area contributed by atoms with E-state index >= 15 is 0 Å². The van der Waals surface area contributed by atoms with Crippen LogP contribution in [0.5, 0.6) is 0 Å². The van der Waals surface area contributed by atoms with Crippen LogP contribution in [0.4, 0.5) is 0 Å². The van der Waals surface area contributed by atoms with Crippen molar-refractivity contribution >= 4 is 22.3 Å². The summed E-state index contributed by atoms with van der Waals surface area (Å²) in [6.07, 6.45) is 13.9. The highest BCUT2D eigenvalue weighted by Gasteiger charge is 2.07. The lowest BCUT2D eigenvalue weighted by Crippen LogP contribution is -1.98. The SMILES string of the molecule is C#CCc1ccc(C)c(C(=O)C=C)c1.C=C(CCC#Cc1cc(C(C)C)c2ccccc2c1)CCCC(C)=O.CCCC.[HH].[HH]. The highest BCUT2D eigenvalue weighted by Crippen LogP contribution is 2.27. The van der Waals surface area contributed by atoms with E-state index in [1.165, 1.54) is 40.8 Å². The number of terminal acetylenes is 1. The van der Waals surface area contributed by atoms with Gasteiger partial charge in [0, 0.05) is 33.2 Å². The maximum absolute atomic E-state index is 11.4. The highest BCUT2D eigenvalue weighted by molar-refractivity contribution is 6.05. The molecule has 0 saturated carbocycles. The van der Waals surface area contributed by atoms with Gasteiger partial charge in [-0.15, -0.1) is 12.3 Å². The molecule has 0 saturated heterocycles. The molecule has 0 amide bonds. The summed E-state index contributed by atoms with van der Waals surface area (Å²) in [4.78, 5) is 22.4. The van der Waals surface area contributed by atoms with E-state index in [4.69, 9.17) is 6.42 Å². The van der Waals surface area contributed by atoms with Crippen molar-refractivity contribution in [3.8, 4) is 24.2 Å². The van der Waals surface area contributed by atoms with Crippen molar-refractivity contribution in [1.82, 2.24) is 0 Å². The van der Waals surface area contributed by atoms with Gasteiger partial charge < -0.3 is 4.79 Å². The number of ketones is 2. The lowest BCUT2D eigenvalue weighted by Gasteiger charge is -2.11. The van der Waals surface area contributed by atoms with Crippen LogP contribution in [0.15, 0.2) is 79.4 Å². The van der Waals surface area contributed by atoms with Crippen LogP contribution in [-0.2, 0) is 11.2 Å². The summed E-state index contributed by atoms with van der Waals surface area (Å²) in [5, 5.41) is 2.58. The molecule has 0 N–H and O–H groups in total. The van der Waals surface area contributed by atoms with Crippen LogP contribution in [0.1, 0.15) is 121 Å². The summed E-state index contributed by atoms with van der Waals surface area (Å²) in [5.74, 6) is 9.83. The number of fused-ring (bicyclic) bond motifs is 1. The fourth-order valence-corrected chi connectivity index (χ4v) is 4.28. The number of Topliss-reactive ketones (excluding diaryl/α,β-unsaturated/α-hetero) is 1. The Morgan fingerprint density at radius 1 is 1.00 bits per heavy atom. The minimum atomic E-state index is -0.0543. The van der Waals surface area contributed by atoms with Crippen LogP contribution >= 0.6 is 0 Å². The lowest BCUT2D eigenvalue weighted by molar-refractivity contribution is -0.117. The quantitative estimate of drug-likeness (QED) is 0.0981. The van der Waals surface area contributed by atoms with Crippen molar-refractivity contribution in [2.45, 2.75) is 98.8 Å². The molecule has 2 heteroatoms. The standard InChI is InChI=1S/C24H28O.C13H12O.C4H10.2H2/c1-18(2)24-17-21(16-22-14-7-8-15-23(22)24)13-6-5-10-19(3)11-9-12-20(4)25;1-4-6-11-8-7-10(3)12(9-11)13(14)5-2;1-3-4-2;;/h7-8,14-18H,3,5,9-12H2,1-2,4H3;1,5,7-9H,2,6H2,3H3;3-4H2,1-2H3;2*1H. The smallest absolute Gasteiger partial charge is 0.185 e. The van der Waals surface area contributed by atoms with Crippen molar-refractivity contribution < 1.29 is 12.4 Å². The average molecular weight is 579 g/mol. The first-order valence-corrected chi connectivity index (χ1v) is 15.4. The first-order chi connectivity index (χ1) is 20.6. The highest BCUT2D eigenvalue weighted by atomic mass is 16.1. The van der Waals surface area contributed by atoms with Gasteiger partial charge in [-0.1, -0.05) is 108 Å². The predicted octanol–water partition coefficient (Wildman–Crippen LogP) is 11.2. The van der Waals surface area contributed by atoms with Crippen LogP contribution in [0.3, 0.4) is 0 Å². The molecule has 0 atom stereocenters. The van der Waals surface area contributed by atoms with Crippen LogP contribution in [0, 0.1) is 31.1 Å². The molecule has 43 heavy (non-hydrogen) atoms. The van der Waals surface area contributed by atoms with Gasteiger partial charge in [0.2, 0.25) is 0 Å². The third kappa shape index (κ3) is 14.1. The number of aryl methyl sites for hydroxylation is 1. The second-order valence-electron chi connectivity index (χ2n) is 11.1. The molecule has 3 rings (SSSR count). The summed E-state index contributed by atoms with van der Waals surface area (Å²) in [7, 11) is 0. The second-order valence-corrected chi connectivity index (χ2v) is 11.1. The lowest BCUT2D eigenvalue weighted by atomic mass is 9.94. The third-order valence-electron chi connectivity index (χ3n) is 6.97. The van der Waals surface area contributed by atoms with Crippen molar-refractivity contribution in [3.05, 3.63) is 107 Å². The number of benzene rings is 3. The Morgan fingerprint density at radius 2 is 1.70 bits per heavy atom. The molecule has 0 fully saturated rings. The maximum atomic E-state index is 11.4. The second kappa shape index (κ2) is 20.7. The number of carbonyl (C=O) groups excluding carboxylic acids is 2. The Labute approximate surface area is 264 Å². The van der Waals surface area contributed by atoms with E-state index in [1.807, 2.05) is 25.1 Å². The Kier molecular flexibility index (Phi) is 17.7. The monoisotopic (exact) mass is 578 g/mol. The number of unbranched alkanes of at least 4 members (excludes halogenated alkanes) is 1. The van der Waals surface area contributed by atoms with Gasteiger partial charge in [0.05, 0.1) is 0 Å². The number of hydrogen-bond acceptors (Lipinski definition) is 2. The number of carbonyl (C=O) groups is 2. The molecule has 0 unspecified atom stereocenters. The molecule has 0 radical (unpaired) electrons. The zero-order valence-electron chi connectivity index (χ0n) is 27.3. The molecule has 0 bridgehead atoms. The minimum Gasteiger partial charge on any atom is -0.300 e. The summed E-state index contributed by atoms with van der Waals surface area (Å²) in [6.45, 7) is 19.9. The van der Waals surface area contributed by atoms with Crippen molar-refractivity contribution in [1.29, 1.82) is 0 Å². The number of allylic oxidation sites excluding steroid dienone is 2. The Hall–Kier alpha value is -4.14. The molecule has 230 valence electrons. The van der Waals surface area contributed by atoms with E-state index in [0.717, 1.165) is 42.4 Å². The van der Waals surface area contributed by atoms with E-state index in [9.17, 15) is 9.59 Å². The Balaban J connectivity index is 0.